The fraction of sp³-hybridized carbons (Fsp3) is 0.769. The van der Waals surface area contributed by atoms with Crippen LogP contribution in [0.15, 0.2) is 25.3 Å². The lowest BCUT2D eigenvalue weighted by atomic mass is 9.70. The molecule has 2 unspecified atom stereocenters. The molecule has 0 radical (unpaired) electrons. The smallest absolute Gasteiger partial charge is 0.422 e. The third-order valence-corrected chi connectivity index (χ3v) is 6.71. The molecule has 1 saturated carbocycles. The monoisotopic (exact) mass is 808 g/mol. The Labute approximate surface area is 279 Å². The fourth-order valence-corrected chi connectivity index (χ4v) is 3.80. The van der Waals surface area contributed by atoms with Crippen LogP contribution in [0, 0.1) is 0 Å². The summed E-state index contributed by atoms with van der Waals surface area (Å²) in [7, 11) is 0. The molecule has 0 aromatic heterocycles. The largest absolute Gasteiger partial charge is 0.456 e. The Morgan fingerprint density at radius 1 is 0.654 bits per heavy atom. The van der Waals surface area contributed by atoms with E-state index in [1.165, 1.54) is 0 Å². The number of carbonyl (C=O) groups is 2. The van der Waals surface area contributed by atoms with Crippen LogP contribution in [0.5, 0.6) is 0 Å². The fourth-order valence-electron chi connectivity index (χ4n) is 3.80. The first kappa shape index (κ1) is 47.0. The first-order valence-corrected chi connectivity index (χ1v) is 13.8. The third kappa shape index (κ3) is 10.1. The van der Waals surface area contributed by atoms with Crippen molar-refractivity contribution in [2.75, 3.05) is 39.6 Å². The summed E-state index contributed by atoms with van der Waals surface area (Å²) in [5.41, 5.74) is -12.0. The minimum atomic E-state index is -7.14. The lowest BCUT2D eigenvalue weighted by Crippen LogP contribution is -2.77. The predicted molar refractivity (Wildman–Crippen MR) is 132 cm³/mol. The molecule has 0 spiro atoms. The van der Waals surface area contributed by atoms with Gasteiger partial charge in [0, 0.05) is 25.2 Å². The van der Waals surface area contributed by atoms with Crippen LogP contribution in [-0.2, 0) is 38.0 Å². The van der Waals surface area contributed by atoms with Gasteiger partial charge in [-0.05, 0) is 12.8 Å². The van der Waals surface area contributed by atoms with Gasteiger partial charge in [-0.15, -0.1) is 0 Å². The number of hydrogen-bond acceptors (Lipinski definition) is 8. The molecule has 1 aliphatic rings. The highest BCUT2D eigenvalue weighted by Crippen LogP contribution is 2.64. The number of ether oxygens (including phenoxy) is 6. The number of carbonyl (C=O) groups excluding carboxylic acids is 2. The van der Waals surface area contributed by atoms with E-state index in [4.69, 9.17) is 0 Å². The van der Waals surface area contributed by atoms with Crippen LogP contribution in [0.2, 0.25) is 0 Å². The SMILES string of the molecule is C=CC(=O)OCC(F)(F)C(F)(F)OCCCOCC1(F)CCC(F)(F)C(F)(C(F)(F)OC(F)(F)CCOC(F)(F)C(F)(F)COC(=O)C=C)C1(F)F. The van der Waals surface area contributed by atoms with Crippen molar-refractivity contribution in [3.63, 3.8) is 0 Å². The maximum Gasteiger partial charge on any atom is 0.422 e. The maximum absolute atomic E-state index is 15.3. The molecular weight excluding hydrogens is 782 g/mol. The van der Waals surface area contributed by atoms with Crippen molar-refractivity contribution in [1.29, 1.82) is 0 Å². The summed E-state index contributed by atoms with van der Waals surface area (Å²) in [5.74, 6) is -26.8. The van der Waals surface area contributed by atoms with E-state index in [-0.39, 0.29) is 6.08 Å². The average Bonchev–Trinajstić information content (AvgIpc) is 3.00. The molecule has 304 valence electrons. The van der Waals surface area contributed by atoms with Crippen LogP contribution in [0.3, 0.4) is 0 Å². The summed E-state index contributed by atoms with van der Waals surface area (Å²) >= 11 is 0. The molecule has 0 aromatic rings. The third-order valence-electron chi connectivity index (χ3n) is 6.71. The molecule has 0 bridgehead atoms. The second-order valence-electron chi connectivity index (χ2n) is 10.6. The molecule has 8 nitrogen and oxygen atoms in total. The first-order valence-electron chi connectivity index (χ1n) is 13.8. The Bertz CT molecular complexity index is 1260. The first-order chi connectivity index (χ1) is 23.2. The van der Waals surface area contributed by atoms with Gasteiger partial charge in [0.1, 0.15) is 0 Å². The lowest BCUT2D eigenvalue weighted by molar-refractivity contribution is -0.478. The summed E-state index contributed by atoms with van der Waals surface area (Å²) in [6.45, 7) is -6.71. The van der Waals surface area contributed by atoms with Crippen molar-refractivity contribution in [1.82, 2.24) is 0 Å². The van der Waals surface area contributed by atoms with Crippen LogP contribution >= 0.6 is 0 Å². The highest BCUT2D eigenvalue weighted by molar-refractivity contribution is 5.81. The van der Waals surface area contributed by atoms with Crippen LogP contribution in [0.25, 0.3) is 0 Å². The van der Waals surface area contributed by atoms with Crippen LogP contribution in [0.4, 0.5) is 79.0 Å². The lowest BCUT2D eigenvalue weighted by Gasteiger charge is -2.51. The summed E-state index contributed by atoms with van der Waals surface area (Å²) in [5, 5.41) is 0. The number of rotatable bonds is 22. The van der Waals surface area contributed by atoms with E-state index in [2.05, 4.69) is 41.6 Å². The molecule has 0 aromatic carbocycles. The molecule has 0 amide bonds. The van der Waals surface area contributed by atoms with Crippen molar-refractivity contribution in [3.05, 3.63) is 25.3 Å². The van der Waals surface area contributed by atoms with Gasteiger partial charge in [-0.25, -0.2) is 27.2 Å². The van der Waals surface area contributed by atoms with Gasteiger partial charge >= 0.3 is 59.8 Å². The summed E-state index contributed by atoms with van der Waals surface area (Å²) < 4.78 is 276. The minimum Gasteiger partial charge on any atom is -0.456 e. The van der Waals surface area contributed by atoms with E-state index >= 15 is 8.78 Å². The Kier molecular flexibility index (Phi) is 14.6. The van der Waals surface area contributed by atoms with E-state index in [0.717, 1.165) is 0 Å². The molecule has 1 fully saturated rings. The molecule has 2 atom stereocenters. The standard InChI is InChI=1S/C26H26F18O8/c1-3-15(45)48-13-19(30,31)24(39,40)50-10-5-9-47-12-17(27)6-7-18(28,29)22(36,23(17,37)38)26(43,44)52-21(34,35)8-11-51-25(41,42)20(32,33)14-49-16(46)4-2/h3-4H,1-2,5-14H2. The molecular formula is C26H26F18O8. The minimum absolute atomic E-state index is 0.235. The average molecular weight is 808 g/mol. The maximum atomic E-state index is 15.3. The molecule has 0 aliphatic heterocycles. The van der Waals surface area contributed by atoms with Crippen molar-refractivity contribution < 1.29 is 117 Å². The Morgan fingerprint density at radius 2 is 1.10 bits per heavy atom. The zero-order valence-electron chi connectivity index (χ0n) is 25.7. The molecule has 1 rings (SSSR count). The molecule has 52 heavy (non-hydrogen) atoms. The Morgan fingerprint density at radius 3 is 1.54 bits per heavy atom. The van der Waals surface area contributed by atoms with Crippen molar-refractivity contribution in [2.45, 2.75) is 85.1 Å². The highest BCUT2D eigenvalue weighted by atomic mass is 19.3. The van der Waals surface area contributed by atoms with E-state index in [1.54, 1.807) is 0 Å². The number of hydrogen-bond donors (Lipinski definition) is 0. The summed E-state index contributed by atoms with van der Waals surface area (Å²) in [4.78, 5) is 21.5. The summed E-state index contributed by atoms with van der Waals surface area (Å²) in [6.07, 6.45) is -32.4. The predicted octanol–water partition coefficient (Wildman–Crippen LogP) is 7.41. The molecule has 26 heteroatoms. The second-order valence-corrected chi connectivity index (χ2v) is 10.6. The van der Waals surface area contributed by atoms with Crippen LogP contribution < -0.4 is 0 Å². The zero-order valence-corrected chi connectivity index (χ0v) is 25.7. The van der Waals surface area contributed by atoms with Gasteiger partial charge in [0.25, 0.3) is 5.92 Å². The van der Waals surface area contributed by atoms with Crippen molar-refractivity contribution in [3.8, 4) is 0 Å². The normalized spacial score (nSPS) is 22.8. The molecule has 1 aliphatic carbocycles. The van der Waals surface area contributed by atoms with Crippen LogP contribution in [-0.4, -0.2) is 111 Å². The molecule has 0 heterocycles. The second kappa shape index (κ2) is 16.2. The van der Waals surface area contributed by atoms with Crippen LogP contribution in [0.1, 0.15) is 25.7 Å². The molecule has 0 N–H and O–H groups in total. The quantitative estimate of drug-likeness (QED) is 0.0484. The van der Waals surface area contributed by atoms with Gasteiger partial charge in [-0.3, -0.25) is 4.74 Å². The van der Waals surface area contributed by atoms with Gasteiger partial charge < -0.3 is 23.7 Å². The van der Waals surface area contributed by atoms with E-state index in [1.807, 2.05) is 0 Å². The van der Waals surface area contributed by atoms with Gasteiger partial charge in [0.15, 0.2) is 13.2 Å². The number of halogens is 18. The molecule has 0 saturated heterocycles. The van der Waals surface area contributed by atoms with Gasteiger partial charge in [-0.1, -0.05) is 13.2 Å². The van der Waals surface area contributed by atoms with Crippen molar-refractivity contribution >= 4 is 11.9 Å². The van der Waals surface area contributed by atoms with E-state index in [9.17, 15) is 79.8 Å². The topological polar surface area (TPSA) is 89.5 Å². The Balaban J connectivity index is 2.99. The highest BCUT2D eigenvalue weighted by Gasteiger charge is 2.90. The van der Waals surface area contributed by atoms with E-state index in [0.29, 0.717) is 6.08 Å². The van der Waals surface area contributed by atoms with Crippen molar-refractivity contribution in [2.24, 2.45) is 0 Å². The summed E-state index contributed by atoms with van der Waals surface area (Å²) in [6, 6.07) is 0. The number of esters is 2. The van der Waals surface area contributed by atoms with Gasteiger partial charge in [-0.2, -0.15) is 61.5 Å². The van der Waals surface area contributed by atoms with E-state index < -0.39 is 137 Å². The number of alkyl halides is 18. The van der Waals surface area contributed by atoms with Gasteiger partial charge in [0.2, 0.25) is 5.67 Å². The Hall–Kier alpha value is -3.00. The zero-order chi connectivity index (χ0) is 40.9. The van der Waals surface area contributed by atoms with Gasteiger partial charge in [0.05, 0.1) is 26.2 Å².